The number of carbonyl (C=O) groups excluding carboxylic acids is 1. The van der Waals surface area contributed by atoms with Crippen LogP contribution < -0.4 is 10.6 Å². The Morgan fingerprint density at radius 1 is 1.05 bits per heavy atom. The van der Waals surface area contributed by atoms with Gasteiger partial charge in [-0.15, -0.1) is 0 Å². The van der Waals surface area contributed by atoms with Gasteiger partial charge >= 0.3 is 6.03 Å². The first-order valence-electron chi connectivity index (χ1n) is 6.20. The van der Waals surface area contributed by atoms with Crippen molar-refractivity contribution in [3.63, 3.8) is 0 Å². The second-order valence-corrected chi connectivity index (χ2v) is 4.25. The molecule has 2 N–H and O–H groups in total. The molecule has 0 radical (unpaired) electrons. The molecular weight excluding hydrogens is 262 g/mol. The fraction of sp³-hybridized carbons (Fsp3) is 0.133. The van der Waals surface area contributed by atoms with E-state index in [0.29, 0.717) is 11.8 Å². The molecule has 3 nitrogen and oxygen atoms in total. The zero-order chi connectivity index (χ0) is 14.5. The molecule has 0 saturated heterocycles. The molecule has 0 atom stereocenters. The van der Waals surface area contributed by atoms with E-state index in [0.717, 1.165) is 18.1 Å². The number of nitrogens with one attached hydrogen (secondary N) is 2. The van der Waals surface area contributed by atoms with Crippen LogP contribution in [0.15, 0.2) is 42.5 Å². The van der Waals surface area contributed by atoms with Crippen LogP contribution in [0.3, 0.4) is 0 Å². The molecule has 0 unspecified atom stereocenters. The lowest BCUT2D eigenvalue weighted by Gasteiger charge is -2.09. The van der Waals surface area contributed by atoms with Gasteiger partial charge in [-0.1, -0.05) is 19.1 Å². The quantitative estimate of drug-likeness (QED) is 0.867. The Morgan fingerprint density at radius 3 is 2.35 bits per heavy atom. The van der Waals surface area contributed by atoms with E-state index in [1.807, 2.05) is 19.1 Å². The topological polar surface area (TPSA) is 41.1 Å². The van der Waals surface area contributed by atoms with Gasteiger partial charge in [-0.05, 0) is 36.2 Å². The Morgan fingerprint density at radius 2 is 1.75 bits per heavy atom. The number of hydrogen-bond acceptors (Lipinski definition) is 1. The molecule has 0 aliphatic carbocycles. The number of anilines is 2. The molecule has 0 saturated carbocycles. The molecule has 104 valence electrons. The summed E-state index contributed by atoms with van der Waals surface area (Å²) in [5.74, 6) is -1.51. The van der Waals surface area contributed by atoms with Crippen LogP contribution in [0.1, 0.15) is 12.5 Å². The fourth-order valence-corrected chi connectivity index (χ4v) is 1.70. The van der Waals surface area contributed by atoms with Gasteiger partial charge in [0.2, 0.25) is 0 Å². The zero-order valence-electron chi connectivity index (χ0n) is 10.9. The van der Waals surface area contributed by atoms with Gasteiger partial charge in [0.15, 0.2) is 0 Å². The molecule has 0 aliphatic rings. The minimum Gasteiger partial charge on any atom is -0.308 e. The maximum atomic E-state index is 13.4. The number of benzene rings is 2. The van der Waals surface area contributed by atoms with E-state index in [1.54, 1.807) is 12.1 Å². The second-order valence-electron chi connectivity index (χ2n) is 4.25. The van der Waals surface area contributed by atoms with Crippen molar-refractivity contribution in [2.75, 3.05) is 10.6 Å². The highest BCUT2D eigenvalue weighted by atomic mass is 19.1. The van der Waals surface area contributed by atoms with Crippen LogP contribution in [-0.4, -0.2) is 6.03 Å². The first-order chi connectivity index (χ1) is 9.58. The molecule has 2 aromatic carbocycles. The number of carbonyl (C=O) groups is 1. The van der Waals surface area contributed by atoms with Gasteiger partial charge in [0.1, 0.15) is 11.6 Å². The summed E-state index contributed by atoms with van der Waals surface area (Å²) >= 11 is 0. The van der Waals surface area contributed by atoms with Crippen molar-refractivity contribution >= 4 is 17.4 Å². The Labute approximate surface area is 115 Å². The van der Waals surface area contributed by atoms with Gasteiger partial charge in [0.05, 0.1) is 5.69 Å². The van der Waals surface area contributed by atoms with Crippen LogP contribution in [0.4, 0.5) is 25.0 Å². The van der Waals surface area contributed by atoms with E-state index in [1.165, 1.54) is 6.07 Å². The van der Waals surface area contributed by atoms with Gasteiger partial charge in [-0.25, -0.2) is 13.6 Å². The van der Waals surface area contributed by atoms with Gasteiger partial charge in [0, 0.05) is 11.8 Å². The van der Waals surface area contributed by atoms with Crippen LogP contribution in [0.25, 0.3) is 0 Å². The summed E-state index contributed by atoms with van der Waals surface area (Å²) in [6.45, 7) is 2.03. The molecule has 20 heavy (non-hydrogen) atoms. The van der Waals surface area contributed by atoms with Crippen molar-refractivity contribution in [1.29, 1.82) is 0 Å². The Hall–Kier alpha value is -2.43. The third-order valence-electron chi connectivity index (χ3n) is 2.80. The summed E-state index contributed by atoms with van der Waals surface area (Å²) in [5, 5.41) is 4.90. The van der Waals surface area contributed by atoms with Crippen LogP contribution in [0.2, 0.25) is 0 Å². The van der Waals surface area contributed by atoms with Crippen molar-refractivity contribution in [2.45, 2.75) is 13.3 Å². The highest BCUT2D eigenvalue weighted by molar-refractivity contribution is 5.99. The monoisotopic (exact) mass is 276 g/mol. The molecular formula is C15H14F2N2O. The molecule has 2 amide bonds. The van der Waals surface area contributed by atoms with Crippen molar-refractivity contribution < 1.29 is 13.6 Å². The standard InChI is InChI=1S/C15H14F2N2O/c1-2-10-3-6-12(7-4-10)18-15(20)19-14-8-5-11(16)9-13(14)17/h3-9H,2H2,1H3,(H2,18,19,20). The van der Waals surface area contributed by atoms with E-state index in [9.17, 15) is 13.6 Å². The van der Waals surface area contributed by atoms with E-state index >= 15 is 0 Å². The number of rotatable bonds is 3. The number of halogens is 2. The van der Waals surface area contributed by atoms with Crippen molar-refractivity contribution in [2.24, 2.45) is 0 Å². The Bertz CT molecular complexity index is 612. The SMILES string of the molecule is CCc1ccc(NC(=O)Nc2ccc(F)cc2F)cc1. The first-order valence-corrected chi connectivity index (χ1v) is 6.20. The average Bonchev–Trinajstić information content (AvgIpc) is 2.43. The third kappa shape index (κ3) is 3.54. The minimum atomic E-state index is -0.818. The second kappa shape index (κ2) is 6.14. The van der Waals surface area contributed by atoms with Gasteiger partial charge in [-0.3, -0.25) is 0 Å². The number of aryl methyl sites for hydroxylation is 1. The molecule has 0 aliphatic heterocycles. The van der Waals surface area contributed by atoms with Crippen LogP contribution in [0.5, 0.6) is 0 Å². The highest BCUT2D eigenvalue weighted by Crippen LogP contribution is 2.16. The maximum Gasteiger partial charge on any atom is 0.323 e. The maximum absolute atomic E-state index is 13.4. The summed E-state index contributed by atoms with van der Waals surface area (Å²) in [5.41, 5.74) is 1.68. The van der Waals surface area contributed by atoms with Gasteiger partial charge in [-0.2, -0.15) is 0 Å². The number of amides is 2. The summed E-state index contributed by atoms with van der Waals surface area (Å²) in [4.78, 5) is 11.7. The van der Waals surface area contributed by atoms with Crippen LogP contribution >= 0.6 is 0 Å². The first kappa shape index (κ1) is 14.0. The Balaban J connectivity index is 2.01. The summed E-state index contributed by atoms with van der Waals surface area (Å²) in [6.07, 6.45) is 0.910. The van der Waals surface area contributed by atoms with Crippen molar-refractivity contribution in [3.8, 4) is 0 Å². The predicted octanol–water partition coefficient (Wildman–Crippen LogP) is 4.17. The summed E-state index contributed by atoms with van der Waals surface area (Å²) in [7, 11) is 0. The molecule has 2 rings (SSSR count). The van der Waals surface area contributed by atoms with Crippen molar-refractivity contribution in [3.05, 3.63) is 59.7 Å². The van der Waals surface area contributed by atoms with E-state index in [2.05, 4.69) is 10.6 Å². The normalized spacial score (nSPS) is 10.2. The lowest BCUT2D eigenvalue weighted by atomic mass is 10.1. The third-order valence-corrected chi connectivity index (χ3v) is 2.80. The van der Waals surface area contributed by atoms with Crippen LogP contribution in [0, 0.1) is 11.6 Å². The minimum absolute atomic E-state index is 0.0749. The average molecular weight is 276 g/mol. The van der Waals surface area contributed by atoms with E-state index < -0.39 is 17.7 Å². The Kier molecular flexibility index (Phi) is 4.30. The molecule has 0 fully saturated rings. The predicted molar refractivity (Wildman–Crippen MR) is 74.8 cm³/mol. The number of urea groups is 1. The number of hydrogen-bond donors (Lipinski definition) is 2. The smallest absolute Gasteiger partial charge is 0.308 e. The molecule has 2 aromatic rings. The highest BCUT2D eigenvalue weighted by Gasteiger charge is 2.08. The summed E-state index contributed by atoms with van der Waals surface area (Å²) in [6, 6.07) is 9.70. The molecule has 0 heterocycles. The van der Waals surface area contributed by atoms with E-state index in [-0.39, 0.29) is 5.69 Å². The molecule has 0 spiro atoms. The summed E-state index contributed by atoms with van der Waals surface area (Å²) < 4.78 is 26.1. The van der Waals surface area contributed by atoms with Crippen LogP contribution in [-0.2, 0) is 6.42 Å². The largest absolute Gasteiger partial charge is 0.323 e. The molecule has 5 heteroatoms. The zero-order valence-corrected chi connectivity index (χ0v) is 10.9. The lowest BCUT2D eigenvalue weighted by Crippen LogP contribution is -2.20. The molecule has 0 aromatic heterocycles. The lowest BCUT2D eigenvalue weighted by molar-refractivity contribution is 0.262. The van der Waals surface area contributed by atoms with E-state index in [4.69, 9.17) is 0 Å². The fourth-order valence-electron chi connectivity index (χ4n) is 1.70. The molecule has 0 bridgehead atoms. The van der Waals surface area contributed by atoms with Crippen molar-refractivity contribution in [1.82, 2.24) is 0 Å². The van der Waals surface area contributed by atoms with Gasteiger partial charge in [0.25, 0.3) is 0 Å². The van der Waals surface area contributed by atoms with Gasteiger partial charge < -0.3 is 10.6 Å².